The van der Waals surface area contributed by atoms with Gasteiger partial charge in [0.2, 0.25) is 0 Å². The minimum atomic E-state index is 0.393. The molecule has 1 aromatic carbocycles. The molecule has 1 fully saturated rings. The summed E-state index contributed by atoms with van der Waals surface area (Å²) in [7, 11) is 0. The Labute approximate surface area is 224 Å². The average molecular weight is 495 g/mol. The number of fused-ring (bicyclic) bond motifs is 3. The number of hydrogen-bond donors (Lipinski definition) is 0. The Kier molecular flexibility index (Phi) is 11.5. The van der Waals surface area contributed by atoms with E-state index in [4.69, 9.17) is 6.58 Å². The second-order valence-electron chi connectivity index (χ2n) is 11.9. The van der Waals surface area contributed by atoms with E-state index < -0.39 is 0 Å². The summed E-state index contributed by atoms with van der Waals surface area (Å²) in [5.41, 5.74) is 10.5. The third kappa shape index (κ3) is 6.57. The molecule has 0 saturated heterocycles. The normalized spacial score (nSPS) is 23.1. The molecule has 35 heavy (non-hydrogen) atoms. The summed E-state index contributed by atoms with van der Waals surface area (Å²) in [6.07, 6.45) is 18.2. The lowest BCUT2D eigenvalue weighted by Gasteiger charge is -2.48. The van der Waals surface area contributed by atoms with Crippen LogP contribution in [0.2, 0.25) is 0 Å². The minimum absolute atomic E-state index is 0.393. The number of unbranched alkanes of at least 4 members (excludes halogenated alkanes) is 2. The third-order valence-corrected chi connectivity index (χ3v) is 9.35. The minimum Gasteiger partial charge on any atom is -0.0990 e. The molecule has 4 rings (SSSR count). The van der Waals surface area contributed by atoms with Crippen molar-refractivity contribution in [2.24, 2.45) is 16.7 Å². The lowest BCUT2D eigenvalue weighted by atomic mass is 9.56. The summed E-state index contributed by atoms with van der Waals surface area (Å²) < 4.78 is 0. The fourth-order valence-electron chi connectivity index (χ4n) is 7.13. The van der Waals surface area contributed by atoms with Crippen molar-refractivity contribution in [3.8, 4) is 0 Å². The molecule has 1 saturated carbocycles. The molecule has 0 radical (unpaired) electrons. The Balaban J connectivity index is 0.00000103. The molecule has 0 aromatic heterocycles. The van der Waals surface area contributed by atoms with Gasteiger partial charge in [-0.1, -0.05) is 109 Å². The van der Waals surface area contributed by atoms with Gasteiger partial charge < -0.3 is 0 Å². The highest BCUT2D eigenvalue weighted by atomic mass is 32.1. The predicted molar refractivity (Wildman–Crippen MR) is 162 cm³/mol. The van der Waals surface area contributed by atoms with E-state index in [1.165, 1.54) is 76.2 Å². The Morgan fingerprint density at radius 3 is 2.34 bits per heavy atom. The van der Waals surface area contributed by atoms with Crippen molar-refractivity contribution in [1.29, 1.82) is 0 Å². The van der Waals surface area contributed by atoms with E-state index in [1.807, 2.05) is 13.8 Å². The Morgan fingerprint density at radius 1 is 1.09 bits per heavy atom. The fraction of sp³-hybridized carbons (Fsp3) is 0.676. The maximum absolute atomic E-state index is 4.70. The number of rotatable bonds is 8. The van der Waals surface area contributed by atoms with Crippen molar-refractivity contribution in [3.05, 3.63) is 58.2 Å². The van der Waals surface area contributed by atoms with Gasteiger partial charge >= 0.3 is 0 Å². The lowest BCUT2D eigenvalue weighted by Crippen LogP contribution is -2.38. The van der Waals surface area contributed by atoms with Gasteiger partial charge in [0.1, 0.15) is 0 Å². The first-order valence-corrected chi connectivity index (χ1v) is 15.2. The second-order valence-corrected chi connectivity index (χ2v) is 11.9. The van der Waals surface area contributed by atoms with Gasteiger partial charge in [0.15, 0.2) is 0 Å². The van der Waals surface area contributed by atoms with E-state index in [9.17, 15) is 0 Å². The third-order valence-electron chi connectivity index (χ3n) is 9.35. The van der Waals surface area contributed by atoms with Crippen LogP contribution in [0.15, 0.2) is 35.9 Å². The zero-order valence-corrected chi connectivity index (χ0v) is 25.0. The number of thiocarbonyl (C=S) groups is 1. The van der Waals surface area contributed by atoms with Gasteiger partial charge in [-0.05, 0) is 110 Å². The van der Waals surface area contributed by atoms with E-state index in [2.05, 4.69) is 70.9 Å². The van der Waals surface area contributed by atoms with Crippen molar-refractivity contribution in [2.45, 2.75) is 131 Å². The van der Waals surface area contributed by atoms with Gasteiger partial charge in [0.05, 0.1) is 0 Å². The SMILES string of the molecule is C=C(Cc1cc(CCCCC)cc2c1C1C=C(C)CCC1C(C)(C)C2)C1(CC)CCC1.C=S.CC. The fourth-order valence-corrected chi connectivity index (χ4v) is 7.13. The van der Waals surface area contributed by atoms with Crippen LogP contribution in [0.3, 0.4) is 0 Å². The van der Waals surface area contributed by atoms with Gasteiger partial charge in [-0.25, -0.2) is 0 Å². The van der Waals surface area contributed by atoms with Crippen LogP contribution >= 0.6 is 12.2 Å². The van der Waals surface area contributed by atoms with E-state index in [0.717, 1.165) is 12.3 Å². The summed E-state index contributed by atoms with van der Waals surface area (Å²) in [4.78, 5) is 0. The van der Waals surface area contributed by atoms with E-state index >= 15 is 0 Å². The van der Waals surface area contributed by atoms with E-state index in [1.54, 1.807) is 27.8 Å². The van der Waals surface area contributed by atoms with Crippen molar-refractivity contribution in [2.75, 3.05) is 0 Å². The summed E-state index contributed by atoms with van der Waals surface area (Å²) in [6.45, 7) is 20.8. The lowest BCUT2D eigenvalue weighted by molar-refractivity contribution is 0.156. The highest BCUT2D eigenvalue weighted by Crippen LogP contribution is 2.55. The molecule has 0 aliphatic heterocycles. The quantitative estimate of drug-likeness (QED) is 0.197. The molecule has 0 spiro atoms. The zero-order valence-electron chi connectivity index (χ0n) is 24.2. The molecular weight excluding hydrogens is 440 g/mol. The topological polar surface area (TPSA) is 0 Å². The van der Waals surface area contributed by atoms with E-state index in [0.29, 0.717) is 16.7 Å². The molecule has 2 unspecified atom stereocenters. The van der Waals surface area contributed by atoms with Crippen LogP contribution in [0, 0.1) is 16.7 Å². The van der Waals surface area contributed by atoms with Crippen LogP contribution in [0.4, 0.5) is 0 Å². The Morgan fingerprint density at radius 2 is 1.77 bits per heavy atom. The maximum Gasteiger partial charge on any atom is 0.00597 e. The summed E-state index contributed by atoms with van der Waals surface area (Å²) >= 11 is 3.83. The highest BCUT2D eigenvalue weighted by molar-refractivity contribution is 7.77. The van der Waals surface area contributed by atoms with Crippen LogP contribution in [0.5, 0.6) is 0 Å². The standard InChI is InChI=1S/C31H46.C2H6.CH2S/c1-7-9-10-12-24-19-25(18-23(4)31(8-2)15-11-16-31)29-26(20-24)21-30(5,6)28-14-13-22(3)17-27(28)29;2*1-2/h17,19-20,27-28H,4,7-16,18,21H2,1-3,5-6H3;1-2H3;1H2. The number of benzene rings is 1. The number of allylic oxidation sites excluding steroid dienone is 3. The molecule has 3 aliphatic rings. The first kappa shape index (κ1) is 30.0. The first-order chi connectivity index (χ1) is 16.8. The van der Waals surface area contributed by atoms with E-state index in [-0.39, 0.29) is 0 Å². The summed E-state index contributed by atoms with van der Waals surface area (Å²) in [5, 5.41) is 0. The van der Waals surface area contributed by atoms with Gasteiger partial charge in [-0.2, -0.15) is 0 Å². The van der Waals surface area contributed by atoms with Crippen molar-refractivity contribution in [1.82, 2.24) is 0 Å². The molecule has 1 heteroatoms. The molecule has 0 N–H and O–H groups in total. The van der Waals surface area contributed by atoms with Gasteiger partial charge in [-0.3, -0.25) is 0 Å². The van der Waals surface area contributed by atoms with Crippen LogP contribution < -0.4 is 0 Å². The van der Waals surface area contributed by atoms with Gasteiger partial charge in [0.25, 0.3) is 0 Å². The predicted octanol–water partition coefficient (Wildman–Crippen LogP) is 10.8. The molecule has 0 nitrogen and oxygen atoms in total. The highest BCUT2D eigenvalue weighted by Gasteiger charge is 2.44. The number of hydrogen-bond acceptors (Lipinski definition) is 1. The van der Waals surface area contributed by atoms with Crippen molar-refractivity contribution >= 4 is 18.1 Å². The Hall–Kier alpha value is -1.21. The smallest absolute Gasteiger partial charge is 0.00597 e. The second kappa shape index (κ2) is 13.4. The number of aryl methyl sites for hydroxylation is 1. The van der Waals surface area contributed by atoms with Gasteiger partial charge in [-0.15, -0.1) is 0 Å². The maximum atomic E-state index is 4.70. The van der Waals surface area contributed by atoms with Crippen LogP contribution in [0.25, 0.3) is 0 Å². The molecule has 0 amide bonds. The van der Waals surface area contributed by atoms with Crippen LogP contribution in [-0.2, 0) is 19.3 Å². The first-order valence-electron chi connectivity index (χ1n) is 14.6. The van der Waals surface area contributed by atoms with Crippen molar-refractivity contribution in [3.63, 3.8) is 0 Å². The van der Waals surface area contributed by atoms with Crippen molar-refractivity contribution < 1.29 is 0 Å². The molecular formula is C34H54S. The summed E-state index contributed by atoms with van der Waals surface area (Å²) in [6, 6.07) is 5.21. The summed E-state index contributed by atoms with van der Waals surface area (Å²) in [5.74, 6) is 4.23. The monoisotopic (exact) mass is 494 g/mol. The Bertz CT molecular complexity index is 861. The largest absolute Gasteiger partial charge is 0.0990 e. The van der Waals surface area contributed by atoms with Gasteiger partial charge in [0, 0.05) is 5.92 Å². The molecule has 2 atom stereocenters. The average Bonchev–Trinajstić information content (AvgIpc) is 2.80. The molecule has 1 aromatic rings. The zero-order chi connectivity index (χ0) is 26.2. The van der Waals surface area contributed by atoms with Crippen LogP contribution in [-0.4, -0.2) is 5.87 Å². The molecule has 0 bridgehead atoms. The van der Waals surface area contributed by atoms with Crippen LogP contribution in [0.1, 0.15) is 134 Å². The molecule has 0 heterocycles. The molecule has 3 aliphatic carbocycles. The molecule has 196 valence electrons.